The molecule has 5 nitrogen and oxygen atoms in total. The molecule has 2 aromatic rings. The van der Waals surface area contributed by atoms with E-state index in [0.29, 0.717) is 12.6 Å². The third kappa shape index (κ3) is 5.28. The molecule has 134 valence electrons. The minimum atomic E-state index is -0.135. The van der Waals surface area contributed by atoms with Crippen molar-refractivity contribution in [3.05, 3.63) is 40.7 Å². The summed E-state index contributed by atoms with van der Waals surface area (Å²) in [5.74, 6) is 0.834. The van der Waals surface area contributed by atoms with E-state index in [-0.39, 0.29) is 6.10 Å². The van der Waals surface area contributed by atoms with Gasteiger partial charge in [-0.3, -0.25) is 0 Å². The van der Waals surface area contributed by atoms with Gasteiger partial charge in [-0.25, -0.2) is 9.98 Å². The van der Waals surface area contributed by atoms with E-state index in [1.54, 1.807) is 11.3 Å². The quantitative estimate of drug-likeness (QED) is 0.567. The molecule has 1 fully saturated rings. The van der Waals surface area contributed by atoms with Crippen LogP contribution >= 0.6 is 11.3 Å². The van der Waals surface area contributed by atoms with Crippen LogP contribution in [0, 0.1) is 0 Å². The molecule has 0 amide bonds. The van der Waals surface area contributed by atoms with Crippen LogP contribution in [0.1, 0.15) is 37.6 Å². The molecule has 1 aliphatic rings. The highest BCUT2D eigenvalue weighted by Crippen LogP contribution is 2.22. The maximum atomic E-state index is 9.63. The lowest BCUT2D eigenvalue weighted by Gasteiger charge is -2.27. The normalized spacial score (nSPS) is 21.1. The Bertz CT molecular complexity index is 678. The van der Waals surface area contributed by atoms with Gasteiger partial charge in [0, 0.05) is 23.5 Å². The lowest BCUT2D eigenvalue weighted by atomic mass is 9.93. The van der Waals surface area contributed by atoms with Crippen molar-refractivity contribution in [2.75, 3.05) is 6.54 Å². The molecule has 1 heterocycles. The van der Waals surface area contributed by atoms with Crippen LogP contribution in [-0.2, 0) is 6.54 Å². The molecule has 0 bridgehead atoms. The van der Waals surface area contributed by atoms with Crippen molar-refractivity contribution in [1.29, 1.82) is 0 Å². The van der Waals surface area contributed by atoms with Crippen molar-refractivity contribution in [2.24, 2.45) is 4.99 Å². The highest BCUT2D eigenvalue weighted by Gasteiger charge is 2.20. The van der Waals surface area contributed by atoms with Crippen molar-refractivity contribution < 1.29 is 5.11 Å². The zero-order valence-corrected chi connectivity index (χ0v) is 15.4. The second kappa shape index (κ2) is 8.97. The number of aliphatic imine (C=N–C) groups is 1. The van der Waals surface area contributed by atoms with Crippen LogP contribution in [0.25, 0.3) is 11.3 Å². The van der Waals surface area contributed by atoms with Gasteiger partial charge in [-0.1, -0.05) is 30.3 Å². The second-order valence-corrected chi connectivity index (χ2v) is 7.28. The zero-order valence-electron chi connectivity index (χ0n) is 14.6. The maximum absolute atomic E-state index is 9.63. The van der Waals surface area contributed by atoms with E-state index in [4.69, 9.17) is 4.98 Å². The average Bonchev–Trinajstić information content (AvgIpc) is 3.12. The topological polar surface area (TPSA) is 69.5 Å². The second-order valence-electron chi connectivity index (χ2n) is 6.34. The van der Waals surface area contributed by atoms with Crippen molar-refractivity contribution in [3.63, 3.8) is 0 Å². The van der Waals surface area contributed by atoms with Gasteiger partial charge < -0.3 is 15.7 Å². The summed E-state index contributed by atoms with van der Waals surface area (Å²) in [5, 5.41) is 19.5. The summed E-state index contributed by atoms with van der Waals surface area (Å²) in [6.45, 7) is 3.47. The van der Waals surface area contributed by atoms with E-state index in [1.807, 2.05) is 18.2 Å². The molecule has 1 aliphatic carbocycles. The minimum absolute atomic E-state index is 0.135. The van der Waals surface area contributed by atoms with Gasteiger partial charge in [0.2, 0.25) is 0 Å². The number of guanidine groups is 1. The Labute approximate surface area is 153 Å². The number of aliphatic hydroxyl groups excluding tert-OH is 1. The van der Waals surface area contributed by atoms with Crippen LogP contribution < -0.4 is 10.6 Å². The zero-order chi connectivity index (χ0) is 17.5. The van der Waals surface area contributed by atoms with Crippen molar-refractivity contribution >= 4 is 17.3 Å². The highest BCUT2D eigenvalue weighted by atomic mass is 32.1. The molecule has 3 rings (SSSR count). The summed E-state index contributed by atoms with van der Waals surface area (Å²) in [6, 6.07) is 10.6. The Morgan fingerprint density at radius 1 is 1.24 bits per heavy atom. The van der Waals surface area contributed by atoms with Gasteiger partial charge in [0.05, 0.1) is 18.3 Å². The molecule has 0 spiro atoms. The largest absolute Gasteiger partial charge is 0.393 e. The first-order valence-corrected chi connectivity index (χ1v) is 9.85. The van der Waals surface area contributed by atoms with Crippen LogP contribution in [0.2, 0.25) is 0 Å². The minimum Gasteiger partial charge on any atom is -0.393 e. The summed E-state index contributed by atoms with van der Waals surface area (Å²) in [4.78, 5) is 9.38. The number of rotatable bonds is 5. The Hall–Kier alpha value is -1.92. The SMILES string of the molecule is CCNC(=NCc1nc(-c2ccccc2)cs1)NC1CCC(O)CC1. The van der Waals surface area contributed by atoms with Gasteiger partial charge in [0.1, 0.15) is 5.01 Å². The number of hydrogen-bond donors (Lipinski definition) is 3. The molecule has 1 aromatic heterocycles. The Balaban J connectivity index is 1.60. The summed E-state index contributed by atoms with van der Waals surface area (Å²) in [5.41, 5.74) is 2.15. The predicted molar refractivity (Wildman–Crippen MR) is 104 cm³/mol. The van der Waals surface area contributed by atoms with Crippen LogP contribution in [0.4, 0.5) is 0 Å². The van der Waals surface area contributed by atoms with Gasteiger partial charge in [-0.2, -0.15) is 0 Å². The lowest BCUT2D eigenvalue weighted by Crippen LogP contribution is -2.45. The van der Waals surface area contributed by atoms with E-state index in [0.717, 1.165) is 54.5 Å². The maximum Gasteiger partial charge on any atom is 0.191 e. The Kier molecular flexibility index (Phi) is 6.42. The first kappa shape index (κ1) is 17.9. The predicted octanol–water partition coefficient (Wildman–Crippen LogP) is 3.17. The van der Waals surface area contributed by atoms with Crippen LogP contribution in [0.3, 0.4) is 0 Å². The standard InChI is InChI=1S/C19H26N4OS/c1-2-20-19(22-15-8-10-16(24)11-9-15)21-12-18-23-17(13-25-18)14-6-4-3-5-7-14/h3-7,13,15-16,24H,2,8-12H2,1H3,(H2,20,21,22). The van der Waals surface area contributed by atoms with Crippen LogP contribution in [-0.4, -0.2) is 34.7 Å². The molecular weight excluding hydrogens is 332 g/mol. The molecule has 1 saturated carbocycles. The summed E-state index contributed by atoms with van der Waals surface area (Å²) < 4.78 is 0. The molecule has 0 unspecified atom stereocenters. The molecule has 0 aliphatic heterocycles. The highest BCUT2D eigenvalue weighted by molar-refractivity contribution is 7.09. The fourth-order valence-corrected chi connectivity index (χ4v) is 3.73. The van der Waals surface area contributed by atoms with Crippen molar-refractivity contribution in [2.45, 2.75) is 51.3 Å². The number of hydrogen-bond acceptors (Lipinski definition) is 4. The third-order valence-electron chi connectivity index (χ3n) is 4.38. The Morgan fingerprint density at radius 2 is 2.00 bits per heavy atom. The van der Waals surface area contributed by atoms with E-state index in [2.05, 4.69) is 40.1 Å². The molecule has 0 atom stereocenters. The fourth-order valence-electron chi connectivity index (χ4n) is 3.01. The number of nitrogens with zero attached hydrogens (tertiary/aromatic N) is 2. The number of aromatic nitrogens is 1. The van der Waals surface area contributed by atoms with E-state index < -0.39 is 0 Å². The number of aliphatic hydroxyl groups is 1. The van der Waals surface area contributed by atoms with Crippen LogP contribution in [0.15, 0.2) is 40.7 Å². The van der Waals surface area contributed by atoms with Crippen LogP contribution in [0.5, 0.6) is 0 Å². The number of benzene rings is 1. The van der Waals surface area contributed by atoms with Gasteiger partial charge in [0.25, 0.3) is 0 Å². The molecule has 3 N–H and O–H groups in total. The Morgan fingerprint density at radius 3 is 2.72 bits per heavy atom. The molecule has 0 radical (unpaired) electrons. The van der Waals surface area contributed by atoms with E-state index >= 15 is 0 Å². The summed E-state index contributed by atoms with van der Waals surface area (Å²) >= 11 is 1.64. The summed E-state index contributed by atoms with van der Waals surface area (Å²) in [7, 11) is 0. The summed E-state index contributed by atoms with van der Waals surface area (Å²) in [6.07, 6.45) is 3.57. The van der Waals surface area contributed by atoms with E-state index in [9.17, 15) is 5.11 Å². The lowest BCUT2D eigenvalue weighted by molar-refractivity contribution is 0.120. The number of nitrogens with one attached hydrogen (secondary N) is 2. The molecule has 25 heavy (non-hydrogen) atoms. The monoisotopic (exact) mass is 358 g/mol. The molecule has 1 aromatic carbocycles. The van der Waals surface area contributed by atoms with Crippen molar-refractivity contribution in [1.82, 2.24) is 15.6 Å². The van der Waals surface area contributed by atoms with Gasteiger partial charge in [-0.05, 0) is 32.6 Å². The first-order valence-electron chi connectivity index (χ1n) is 8.97. The van der Waals surface area contributed by atoms with Gasteiger partial charge in [0.15, 0.2) is 5.96 Å². The smallest absolute Gasteiger partial charge is 0.191 e. The fraction of sp³-hybridized carbons (Fsp3) is 0.474. The molecular formula is C19H26N4OS. The van der Waals surface area contributed by atoms with Gasteiger partial charge in [-0.15, -0.1) is 11.3 Å². The van der Waals surface area contributed by atoms with Crippen molar-refractivity contribution in [3.8, 4) is 11.3 Å². The van der Waals surface area contributed by atoms with Gasteiger partial charge >= 0.3 is 0 Å². The first-order chi connectivity index (χ1) is 12.2. The van der Waals surface area contributed by atoms with E-state index in [1.165, 1.54) is 0 Å². The number of thiazole rings is 1. The third-order valence-corrected chi connectivity index (χ3v) is 5.21. The molecule has 6 heteroatoms. The molecule has 0 saturated heterocycles. The average molecular weight is 359 g/mol.